The van der Waals surface area contributed by atoms with Crippen molar-refractivity contribution in [2.75, 3.05) is 38.3 Å². The minimum atomic E-state index is -0.910. The Kier molecular flexibility index (Phi) is 10.7. The van der Waals surface area contributed by atoms with Gasteiger partial charge >= 0.3 is 5.69 Å². The summed E-state index contributed by atoms with van der Waals surface area (Å²) in [5, 5.41) is 12.7. The Morgan fingerprint density at radius 1 is 0.966 bits per heavy atom. The fourth-order valence-corrected chi connectivity index (χ4v) is 11.1. The Morgan fingerprint density at radius 3 is 2.46 bits per heavy atom. The minimum Gasteiger partial charge on any atom is -0.616 e. The molecule has 0 N–H and O–H groups in total. The highest BCUT2D eigenvalue weighted by molar-refractivity contribution is 7.91. The number of hydrogen-bond donors (Lipinski definition) is 0. The second-order valence-corrected chi connectivity index (χ2v) is 17.7. The molecular weight excluding hydrogens is 789 g/mol. The third-order valence-electron chi connectivity index (χ3n) is 11.6. The highest BCUT2D eigenvalue weighted by Crippen LogP contribution is 2.43. The van der Waals surface area contributed by atoms with Crippen molar-refractivity contribution in [3.05, 3.63) is 122 Å². The van der Waals surface area contributed by atoms with Crippen LogP contribution in [0.5, 0.6) is 11.5 Å². The van der Waals surface area contributed by atoms with Crippen molar-refractivity contribution in [3.63, 3.8) is 0 Å². The second-order valence-electron chi connectivity index (χ2n) is 15.0. The van der Waals surface area contributed by atoms with Crippen LogP contribution in [-0.2, 0) is 24.3 Å². The van der Waals surface area contributed by atoms with Gasteiger partial charge in [-0.3, -0.25) is 23.7 Å². The number of carbonyl (C=O) groups is 1. The molecule has 3 aromatic carbocycles. The number of aliphatic imine (C=N–C) groups is 1. The summed E-state index contributed by atoms with van der Waals surface area (Å²) in [6, 6.07) is 22.8. The quantitative estimate of drug-likeness (QED) is 0.167. The molecule has 6 heterocycles. The van der Waals surface area contributed by atoms with Crippen LogP contribution in [0.25, 0.3) is 20.7 Å². The number of aryl methyl sites for hydroxylation is 1. The molecule has 0 unspecified atom stereocenters. The summed E-state index contributed by atoms with van der Waals surface area (Å²) >= 11 is 0.457. The van der Waals surface area contributed by atoms with Gasteiger partial charge in [-0.05, 0) is 73.4 Å². The van der Waals surface area contributed by atoms with Gasteiger partial charge in [0.2, 0.25) is 0 Å². The maximum absolute atomic E-state index is 14.3. The first-order valence-corrected chi connectivity index (χ1v) is 22.3. The molecule has 2 fully saturated rings. The number of methoxy groups -OCH3 is 1. The Labute approximate surface area is 347 Å². The van der Waals surface area contributed by atoms with E-state index < -0.39 is 22.9 Å². The van der Waals surface area contributed by atoms with Gasteiger partial charge in [0.1, 0.15) is 16.2 Å². The van der Waals surface area contributed by atoms with Gasteiger partial charge in [-0.1, -0.05) is 53.6 Å². The number of piperidine rings is 1. The zero-order chi connectivity index (χ0) is 40.8. The van der Waals surface area contributed by atoms with Crippen LogP contribution >= 0.6 is 11.3 Å². The number of hydrogen-bond acceptors (Lipinski definition) is 11. The lowest BCUT2D eigenvalue weighted by molar-refractivity contribution is 0.0691. The van der Waals surface area contributed by atoms with E-state index >= 15 is 0 Å². The van der Waals surface area contributed by atoms with Crippen molar-refractivity contribution in [1.29, 1.82) is 0 Å². The van der Waals surface area contributed by atoms with Gasteiger partial charge in [0, 0.05) is 47.1 Å². The molecular formula is C43H44N8O6S2. The Bertz CT molecular complexity index is 2680. The number of likely N-dealkylation sites (tertiary alicyclic amines) is 1. The molecule has 0 bridgehead atoms. The lowest BCUT2D eigenvalue weighted by Gasteiger charge is -2.36. The maximum atomic E-state index is 14.3. The predicted molar refractivity (Wildman–Crippen MR) is 228 cm³/mol. The minimum absolute atomic E-state index is 0.00265. The molecule has 0 aliphatic carbocycles. The SMILES string of the molecule is CCOc1cc2c(cc1OC)C(c1ccc(C(=O)N3CCC(n4c(=O)c5sc(-c6ccccc6)cc5n(Cc5nnn(CC)n5)c4=O)CC3)cc1)=N[C@@H]1CC[S@+]([O-])C[C@H]21. The number of aromatic nitrogens is 6. The summed E-state index contributed by atoms with van der Waals surface area (Å²) in [5.41, 5.74) is 4.94. The summed E-state index contributed by atoms with van der Waals surface area (Å²) in [6.45, 7) is 5.70. The van der Waals surface area contributed by atoms with Crippen LogP contribution in [0, 0.1) is 0 Å². The Morgan fingerprint density at radius 2 is 1.75 bits per heavy atom. The van der Waals surface area contributed by atoms with Gasteiger partial charge in [0.05, 0.1) is 50.0 Å². The highest BCUT2D eigenvalue weighted by atomic mass is 32.2. The van der Waals surface area contributed by atoms with Gasteiger partial charge in [0.15, 0.2) is 17.3 Å². The number of thiophene rings is 1. The summed E-state index contributed by atoms with van der Waals surface area (Å²) in [5.74, 6) is 2.73. The van der Waals surface area contributed by atoms with E-state index in [1.54, 1.807) is 16.6 Å². The maximum Gasteiger partial charge on any atom is 0.332 e. The lowest BCUT2D eigenvalue weighted by atomic mass is 9.81. The van der Waals surface area contributed by atoms with Crippen molar-refractivity contribution in [2.45, 2.75) is 64.2 Å². The topological polar surface area (TPSA) is 162 Å². The van der Waals surface area contributed by atoms with Gasteiger partial charge in [-0.15, -0.1) is 21.5 Å². The number of amides is 1. The van der Waals surface area contributed by atoms with E-state index in [2.05, 4.69) is 15.4 Å². The number of tetrazole rings is 1. The lowest BCUT2D eigenvalue weighted by Crippen LogP contribution is -2.46. The van der Waals surface area contributed by atoms with Crippen LogP contribution in [0.15, 0.2) is 87.4 Å². The molecule has 14 nitrogen and oxygen atoms in total. The third kappa shape index (κ3) is 7.27. The number of rotatable bonds is 10. The summed E-state index contributed by atoms with van der Waals surface area (Å²) in [4.78, 5) is 51.8. The van der Waals surface area contributed by atoms with Gasteiger partial charge in [0.25, 0.3) is 11.5 Å². The predicted octanol–water partition coefficient (Wildman–Crippen LogP) is 5.29. The molecule has 1 amide bonds. The number of carbonyl (C=O) groups excluding carboxylic acids is 1. The monoisotopic (exact) mass is 832 g/mol. The number of fused-ring (bicyclic) bond motifs is 4. The van der Waals surface area contributed by atoms with E-state index in [9.17, 15) is 18.9 Å². The highest BCUT2D eigenvalue weighted by Gasteiger charge is 2.39. The summed E-state index contributed by atoms with van der Waals surface area (Å²) in [6.07, 6.45) is 1.62. The van der Waals surface area contributed by atoms with Crippen molar-refractivity contribution in [1.82, 2.24) is 34.2 Å². The molecule has 0 spiro atoms. The first kappa shape index (κ1) is 38.9. The molecule has 3 aliphatic heterocycles. The van der Waals surface area contributed by atoms with Crippen molar-refractivity contribution < 1.29 is 18.8 Å². The van der Waals surface area contributed by atoms with Crippen LogP contribution in [0.4, 0.5) is 0 Å². The molecule has 3 atom stereocenters. The van der Waals surface area contributed by atoms with E-state index in [0.29, 0.717) is 83.7 Å². The molecule has 2 saturated heterocycles. The summed E-state index contributed by atoms with van der Waals surface area (Å²) in [7, 11) is 1.61. The van der Waals surface area contributed by atoms with E-state index in [1.165, 1.54) is 20.7 Å². The van der Waals surface area contributed by atoms with Crippen molar-refractivity contribution in [3.8, 4) is 21.9 Å². The summed E-state index contributed by atoms with van der Waals surface area (Å²) < 4.78 is 27.7. The van der Waals surface area contributed by atoms with E-state index in [1.807, 2.05) is 86.6 Å². The van der Waals surface area contributed by atoms with Gasteiger partial charge in [-0.2, -0.15) is 4.80 Å². The zero-order valence-electron chi connectivity index (χ0n) is 33.1. The molecule has 9 rings (SSSR count). The van der Waals surface area contributed by atoms with Crippen LogP contribution in [0.2, 0.25) is 0 Å². The number of nitrogens with zero attached hydrogens (tertiary/aromatic N) is 8. The standard InChI is InChI=1S/C43H44N8O6S2/c1-4-50-46-38(45-47-50)24-49-34-23-37(26-9-7-6-8-10-26)58-40(34)42(53)51(43(49)54)29-15-18-48(19-16-29)41(52)28-13-11-27(12-14-28)39-31-22-35(56-3)36(57-5-2)21-30(31)32-25-59(55)20-17-33(32)44-39/h6-14,21-23,29,32-33H,4-5,15-20,24-25H2,1-3H3/t32-,33-,59+/m1/s1. The van der Waals surface area contributed by atoms with Crippen LogP contribution in [0.1, 0.15) is 77.9 Å². The van der Waals surface area contributed by atoms with Crippen LogP contribution < -0.4 is 20.7 Å². The average Bonchev–Trinajstić information content (AvgIpc) is 3.93. The first-order valence-electron chi connectivity index (χ1n) is 20.0. The molecule has 0 radical (unpaired) electrons. The number of benzene rings is 3. The normalized spacial score (nSPS) is 19.3. The zero-order valence-corrected chi connectivity index (χ0v) is 34.7. The van der Waals surface area contributed by atoms with Crippen molar-refractivity contribution in [2.24, 2.45) is 4.99 Å². The van der Waals surface area contributed by atoms with Crippen LogP contribution in [0.3, 0.4) is 0 Å². The van der Waals surface area contributed by atoms with Gasteiger partial charge < -0.3 is 18.9 Å². The van der Waals surface area contributed by atoms with E-state index in [-0.39, 0.29) is 30.0 Å². The largest absolute Gasteiger partial charge is 0.616 e. The molecule has 3 aliphatic rings. The molecule has 16 heteroatoms. The molecule has 3 aromatic heterocycles. The molecule has 0 saturated carbocycles. The second kappa shape index (κ2) is 16.2. The van der Waals surface area contributed by atoms with Crippen LogP contribution in [-0.4, -0.2) is 94.8 Å². The average molecular weight is 833 g/mol. The molecule has 304 valence electrons. The third-order valence-corrected chi connectivity index (χ3v) is 14.2. The molecule has 59 heavy (non-hydrogen) atoms. The van der Waals surface area contributed by atoms with Gasteiger partial charge in [-0.25, -0.2) is 4.79 Å². The molecule has 6 aromatic rings. The Balaban J connectivity index is 0.967. The van der Waals surface area contributed by atoms with Crippen molar-refractivity contribution >= 4 is 44.3 Å². The van der Waals surface area contributed by atoms with E-state index in [4.69, 9.17) is 14.5 Å². The fourth-order valence-electron chi connectivity index (χ4n) is 8.56. The fraction of sp³-hybridized carbons (Fsp3) is 0.372. The number of ether oxygens (including phenoxy) is 2. The first-order chi connectivity index (χ1) is 28.7. The van der Waals surface area contributed by atoms with E-state index in [0.717, 1.165) is 39.3 Å². The smallest absolute Gasteiger partial charge is 0.332 e. The Hall–Kier alpha value is -5.58.